The molecule has 5 nitrogen and oxygen atoms in total. The van der Waals surface area contributed by atoms with E-state index < -0.39 is 5.54 Å². The van der Waals surface area contributed by atoms with Crippen LogP contribution >= 0.6 is 0 Å². The van der Waals surface area contributed by atoms with Crippen LogP contribution in [0.4, 0.5) is 4.79 Å². The summed E-state index contributed by atoms with van der Waals surface area (Å²) in [7, 11) is 0. The SMILES string of the molecule is CCN(Cc1ccccc1)CN1C(=O)N[C@@](C)(C2CC2)C1=O. The third-order valence-corrected chi connectivity index (χ3v) is 4.73. The van der Waals surface area contributed by atoms with E-state index in [0.717, 1.165) is 25.9 Å². The van der Waals surface area contributed by atoms with Crippen LogP contribution in [0, 0.1) is 5.92 Å². The Morgan fingerprint density at radius 3 is 2.55 bits per heavy atom. The van der Waals surface area contributed by atoms with Gasteiger partial charge in [-0.1, -0.05) is 37.3 Å². The zero-order chi connectivity index (χ0) is 15.7. The van der Waals surface area contributed by atoms with Crippen LogP contribution in [0.25, 0.3) is 0 Å². The minimum atomic E-state index is -0.691. The Morgan fingerprint density at radius 1 is 1.27 bits per heavy atom. The van der Waals surface area contributed by atoms with E-state index in [1.807, 2.05) is 32.0 Å². The van der Waals surface area contributed by atoms with E-state index in [1.54, 1.807) is 0 Å². The molecule has 1 aliphatic carbocycles. The van der Waals surface area contributed by atoms with Gasteiger partial charge in [0.15, 0.2) is 0 Å². The normalized spacial score (nSPS) is 25.0. The molecule has 1 saturated carbocycles. The van der Waals surface area contributed by atoms with Crippen LogP contribution in [0.5, 0.6) is 0 Å². The Morgan fingerprint density at radius 2 is 1.95 bits per heavy atom. The number of imide groups is 1. The number of rotatable bonds is 6. The van der Waals surface area contributed by atoms with Gasteiger partial charge in [0.05, 0.1) is 6.67 Å². The molecule has 22 heavy (non-hydrogen) atoms. The fourth-order valence-electron chi connectivity index (χ4n) is 3.08. The van der Waals surface area contributed by atoms with Gasteiger partial charge in [-0.25, -0.2) is 9.69 Å². The fourth-order valence-corrected chi connectivity index (χ4v) is 3.08. The predicted molar refractivity (Wildman–Crippen MR) is 83.9 cm³/mol. The van der Waals surface area contributed by atoms with E-state index in [9.17, 15) is 9.59 Å². The Balaban J connectivity index is 1.68. The molecule has 0 unspecified atom stereocenters. The van der Waals surface area contributed by atoms with E-state index >= 15 is 0 Å². The minimum absolute atomic E-state index is 0.0773. The number of hydrogen-bond acceptors (Lipinski definition) is 3. The number of urea groups is 1. The minimum Gasteiger partial charge on any atom is -0.323 e. The quantitative estimate of drug-likeness (QED) is 0.820. The number of hydrogen-bond donors (Lipinski definition) is 1. The number of benzene rings is 1. The summed E-state index contributed by atoms with van der Waals surface area (Å²) in [5.41, 5.74) is 0.491. The molecule has 1 saturated heterocycles. The van der Waals surface area contributed by atoms with Crippen molar-refractivity contribution in [1.82, 2.24) is 15.1 Å². The maximum absolute atomic E-state index is 12.6. The molecule has 2 aliphatic rings. The molecule has 0 radical (unpaired) electrons. The molecule has 5 heteroatoms. The molecule has 1 aliphatic heterocycles. The first-order valence-electron chi connectivity index (χ1n) is 7.95. The largest absolute Gasteiger partial charge is 0.326 e. The molecule has 3 rings (SSSR count). The number of carbonyl (C=O) groups excluding carboxylic acids is 2. The number of amides is 3. The van der Waals surface area contributed by atoms with Gasteiger partial charge in [0, 0.05) is 6.54 Å². The topological polar surface area (TPSA) is 52.6 Å². The molecule has 1 aromatic carbocycles. The smallest absolute Gasteiger partial charge is 0.323 e. The van der Waals surface area contributed by atoms with Crippen LogP contribution in [0.15, 0.2) is 30.3 Å². The van der Waals surface area contributed by atoms with Gasteiger partial charge in [0.1, 0.15) is 5.54 Å². The molecule has 1 aromatic rings. The molecule has 0 spiro atoms. The highest BCUT2D eigenvalue weighted by molar-refractivity contribution is 6.07. The summed E-state index contributed by atoms with van der Waals surface area (Å²) in [6.07, 6.45) is 2.05. The lowest BCUT2D eigenvalue weighted by Crippen LogP contribution is -2.47. The highest BCUT2D eigenvalue weighted by Crippen LogP contribution is 2.42. The highest BCUT2D eigenvalue weighted by Gasteiger charge is 2.56. The lowest BCUT2D eigenvalue weighted by Gasteiger charge is -2.26. The molecule has 118 valence electrons. The Bertz CT molecular complexity index is 571. The average Bonchev–Trinajstić information content (AvgIpc) is 3.33. The maximum atomic E-state index is 12.6. The van der Waals surface area contributed by atoms with Gasteiger partial charge in [0.25, 0.3) is 5.91 Å². The third kappa shape index (κ3) is 2.73. The van der Waals surface area contributed by atoms with Crippen LogP contribution in [0.1, 0.15) is 32.3 Å². The van der Waals surface area contributed by atoms with E-state index in [4.69, 9.17) is 0 Å². The van der Waals surface area contributed by atoms with E-state index in [-0.39, 0.29) is 11.9 Å². The molecule has 1 N–H and O–H groups in total. The zero-order valence-corrected chi connectivity index (χ0v) is 13.2. The molecular weight excluding hydrogens is 278 g/mol. The summed E-state index contributed by atoms with van der Waals surface area (Å²) in [4.78, 5) is 28.3. The fraction of sp³-hybridized carbons (Fsp3) is 0.529. The highest BCUT2D eigenvalue weighted by atomic mass is 16.2. The first-order chi connectivity index (χ1) is 10.5. The van der Waals surface area contributed by atoms with Crippen molar-refractivity contribution in [3.05, 3.63) is 35.9 Å². The second kappa shape index (κ2) is 5.72. The second-order valence-corrected chi connectivity index (χ2v) is 6.41. The van der Waals surface area contributed by atoms with Crippen molar-refractivity contribution in [3.8, 4) is 0 Å². The van der Waals surface area contributed by atoms with Gasteiger partial charge in [-0.05, 0) is 37.8 Å². The van der Waals surface area contributed by atoms with Gasteiger partial charge in [0.2, 0.25) is 0 Å². The maximum Gasteiger partial charge on any atom is 0.326 e. The Labute approximate surface area is 131 Å². The zero-order valence-electron chi connectivity index (χ0n) is 13.2. The number of carbonyl (C=O) groups is 2. The second-order valence-electron chi connectivity index (χ2n) is 6.41. The van der Waals surface area contributed by atoms with Crippen molar-refractivity contribution < 1.29 is 9.59 Å². The van der Waals surface area contributed by atoms with Crippen molar-refractivity contribution in [2.75, 3.05) is 13.2 Å². The van der Waals surface area contributed by atoms with Crippen molar-refractivity contribution in [1.29, 1.82) is 0 Å². The van der Waals surface area contributed by atoms with Crippen LogP contribution < -0.4 is 5.32 Å². The summed E-state index contributed by atoms with van der Waals surface area (Å²) in [5, 5.41) is 2.90. The summed E-state index contributed by atoms with van der Waals surface area (Å²) in [5.74, 6) is 0.227. The predicted octanol–water partition coefficient (Wildman–Crippen LogP) is 2.19. The first-order valence-corrected chi connectivity index (χ1v) is 7.95. The monoisotopic (exact) mass is 301 g/mol. The van der Waals surface area contributed by atoms with Crippen molar-refractivity contribution in [3.63, 3.8) is 0 Å². The van der Waals surface area contributed by atoms with Gasteiger partial charge in [-0.2, -0.15) is 0 Å². The van der Waals surface area contributed by atoms with Crippen LogP contribution in [0.2, 0.25) is 0 Å². The lowest BCUT2D eigenvalue weighted by molar-refractivity contribution is -0.133. The van der Waals surface area contributed by atoms with E-state index in [2.05, 4.69) is 22.3 Å². The third-order valence-electron chi connectivity index (χ3n) is 4.73. The summed E-state index contributed by atoms with van der Waals surface area (Å²) >= 11 is 0. The van der Waals surface area contributed by atoms with Gasteiger partial charge in [-0.15, -0.1) is 0 Å². The average molecular weight is 301 g/mol. The molecular formula is C17H23N3O2. The van der Waals surface area contributed by atoms with Crippen LogP contribution in [-0.4, -0.2) is 40.5 Å². The van der Waals surface area contributed by atoms with Crippen molar-refractivity contribution in [2.24, 2.45) is 5.92 Å². The van der Waals surface area contributed by atoms with Gasteiger partial charge >= 0.3 is 6.03 Å². The number of nitrogens with zero attached hydrogens (tertiary/aromatic N) is 2. The Hall–Kier alpha value is -1.88. The number of nitrogens with one attached hydrogen (secondary N) is 1. The summed E-state index contributed by atoms with van der Waals surface area (Å²) < 4.78 is 0. The first kappa shape index (κ1) is 15.0. The van der Waals surface area contributed by atoms with Gasteiger partial charge < -0.3 is 5.32 Å². The van der Waals surface area contributed by atoms with Crippen molar-refractivity contribution >= 4 is 11.9 Å². The molecule has 1 heterocycles. The van der Waals surface area contributed by atoms with Gasteiger partial charge in [-0.3, -0.25) is 9.69 Å². The molecule has 3 amide bonds. The van der Waals surface area contributed by atoms with Crippen LogP contribution in [0.3, 0.4) is 0 Å². The standard InChI is InChI=1S/C17H23N3O2/c1-3-19(11-13-7-5-4-6-8-13)12-20-15(21)17(2,14-9-10-14)18-16(20)22/h4-8,14H,3,9-12H2,1-2H3,(H,18,22)/t17-/m0/s1. The molecule has 1 atom stereocenters. The Kier molecular flexibility index (Phi) is 3.91. The van der Waals surface area contributed by atoms with Crippen LogP contribution in [-0.2, 0) is 11.3 Å². The molecule has 0 aromatic heterocycles. The van der Waals surface area contributed by atoms with E-state index in [1.165, 1.54) is 10.5 Å². The lowest BCUT2D eigenvalue weighted by atomic mass is 9.96. The van der Waals surface area contributed by atoms with Crippen molar-refractivity contribution in [2.45, 2.75) is 38.8 Å². The van der Waals surface area contributed by atoms with E-state index in [0.29, 0.717) is 12.6 Å². The molecule has 0 bridgehead atoms. The summed E-state index contributed by atoms with van der Waals surface area (Å²) in [6.45, 7) is 5.76. The summed E-state index contributed by atoms with van der Waals surface area (Å²) in [6, 6.07) is 9.84. The molecule has 2 fully saturated rings.